The molecule has 0 spiro atoms. The molecule has 0 bridgehead atoms. The van der Waals surface area contributed by atoms with E-state index in [9.17, 15) is 4.79 Å². The number of pyridine rings is 1. The normalized spacial score (nSPS) is 10.9. The van der Waals surface area contributed by atoms with E-state index in [0.717, 1.165) is 0 Å². The highest BCUT2D eigenvalue weighted by molar-refractivity contribution is 5.94. The van der Waals surface area contributed by atoms with Gasteiger partial charge in [-0.05, 0) is 32.9 Å². The summed E-state index contributed by atoms with van der Waals surface area (Å²) >= 11 is 0. The SMILES string of the molecule is CNc1ncccc1C(=O)OC(C)(C)C. The van der Waals surface area contributed by atoms with Crippen molar-refractivity contribution in [2.45, 2.75) is 26.4 Å². The number of carbonyl (C=O) groups excluding carboxylic acids is 1. The van der Waals surface area contributed by atoms with Gasteiger partial charge < -0.3 is 10.1 Å². The Morgan fingerprint density at radius 2 is 2.13 bits per heavy atom. The van der Waals surface area contributed by atoms with Crippen LogP contribution in [0.2, 0.25) is 0 Å². The first kappa shape index (κ1) is 11.5. The zero-order valence-electron chi connectivity index (χ0n) is 9.50. The van der Waals surface area contributed by atoms with Gasteiger partial charge in [0.1, 0.15) is 17.0 Å². The van der Waals surface area contributed by atoms with Crippen LogP contribution in [0.3, 0.4) is 0 Å². The predicted octanol–water partition coefficient (Wildman–Crippen LogP) is 2.08. The third kappa shape index (κ3) is 3.23. The van der Waals surface area contributed by atoms with Crippen LogP contribution < -0.4 is 5.32 Å². The van der Waals surface area contributed by atoms with Crippen molar-refractivity contribution in [3.8, 4) is 0 Å². The third-order valence-electron chi connectivity index (χ3n) is 1.66. The van der Waals surface area contributed by atoms with E-state index in [1.165, 1.54) is 0 Å². The van der Waals surface area contributed by atoms with Crippen LogP contribution in [0.5, 0.6) is 0 Å². The summed E-state index contributed by atoms with van der Waals surface area (Å²) in [5.74, 6) is 0.173. The highest BCUT2D eigenvalue weighted by Crippen LogP contribution is 2.16. The highest BCUT2D eigenvalue weighted by atomic mass is 16.6. The number of rotatable bonds is 2. The number of ether oxygens (including phenoxy) is 1. The number of hydrogen-bond acceptors (Lipinski definition) is 4. The zero-order chi connectivity index (χ0) is 11.5. The molecule has 0 fully saturated rings. The standard InChI is InChI=1S/C11H16N2O2/c1-11(2,3)15-10(14)8-6-5-7-13-9(8)12-4/h5-7H,1-4H3,(H,12,13). The number of hydrogen-bond donors (Lipinski definition) is 1. The van der Waals surface area contributed by atoms with Gasteiger partial charge in [0.25, 0.3) is 0 Å². The van der Waals surface area contributed by atoms with Gasteiger partial charge >= 0.3 is 5.97 Å². The lowest BCUT2D eigenvalue weighted by Gasteiger charge is -2.20. The van der Waals surface area contributed by atoms with E-state index in [2.05, 4.69) is 10.3 Å². The predicted molar refractivity (Wildman–Crippen MR) is 59.0 cm³/mol. The second kappa shape index (κ2) is 4.29. The molecular weight excluding hydrogens is 192 g/mol. The molecule has 0 aliphatic rings. The Labute approximate surface area is 89.7 Å². The molecule has 0 amide bonds. The molecule has 0 saturated heterocycles. The average molecular weight is 208 g/mol. The van der Waals surface area contributed by atoms with Gasteiger partial charge in [-0.1, -0.05) is 0 Å². The van der Waals surface area contributed by atoms with Gasteiger partial charge in [0.05, 0.1) is 0 Å². The zero-order valence-corrected chi connectivity index (χ0v) is 9.50. The summed E-state index contributed by atoms with van der Waals surface area (Å²) in [6.45, 7) is 5.50. The Morgan fingerprint density at radius 3 is 2.67 bits per heavy atom. The average Bonchev–Trinajstić information content (AvgIpc) is 2.15. The van der Waals surface area contributed by atoms with Crippen molar-refractivity contribution in [3.05, 3.63) is 23.9 Å². The highest BCUT2D eigenvalue weighted by Gasteiger charge is 2.20. The molecule has 4 heteroatoms. The van der Waals surface area contributed by atoms with Crippen molar-refractivity contribution in [1.82, 2.24) is 4.98 Å². The quantitative estimate of drug-likeness (QED) is 0.756. The van der Waals surface area contributed by atoms with Crippen LogP contribution >= 0.6 is 0 Å². The van der Waals surface area contributed by atoms with E-state index in [1.54, 1.807) is 25.4 Å². The molecular formula is C11H16N2O2. The second-order valence-electron chi connectivity index (χ2n) is 4.15. The Morgan fingerprint density at radius 1 is 1.47 bits per heavy atom. The van der Waals surface area contributed by atoms with E-state index in [1.807, 2.05) is 20.8 Å². The van der Waals surface area contributed by atoms with E-state index < -0.39 is 5.60 Å². The molecule has 0 aliphatic carbocycles. The van der Waals surface area contributed by atoms with E-state index >= 15 is 0 Å². The summed E-state index contributed by atoms with van der Waals surface area (Å²) in [7, 11) is 1.72. The Hall–Kier alpha value is -1.58. The smallest absolute Gasteiger partial charge is 0.342 e. The summed E-state index contributed by atoms with van der Waals surface area (Å²) in [5, 5.41) is 2.85. The first-order valence-electron chi connectivity index (χ1n) is 4.80. The van der Waals surface area contributed by atoms with Crippen LogP contribution in [0.1, 0.15) is 31.1 Å². The van der Waals surface area contributed by atoms with Gasteiger partial charge in [-0.2, -0.15) is 0 Å². The van der Waals surface area contributed by atoms with Crippen LogP contribution in [-0.4, -0.2) is 23.6 Å². The molecule has 82 valence electrons. The third-order valence-corrected chi connectivity index (χ3v) is 1.66. The van der Waals surface area contributed by atoms with Crippen LogP contribution in [0.15, 0.2) is 18.3 Å². The fourth-order valence-corrected chi connectivity index (χ4v) is 1.10. The molecule has 1 N–H and O–H groups in total. The Balaban J connectivity index is 2.91. The first-order valence-corrected chi connectivity index (χ1v) is 4.80. The van der Waals surface area contributed by atoms with Crippen LogP contribution in [0, 0.1) is 0 Å². The minimum absolute atomic E-state index is 0.361. The van der Waals surface area contributed by atoms with E-state index in [-0.39, 0.29) is 5.97 Å². The van der Waals surface area contributed by atoms with Crippen LogP contribution in [0.4, 0.5) is 5.82 Å². The molecule has 0 saturated carbocycles. The van der Waals surface area contributed by atoms with Crippen LogP contribution in [0.25, 0.3) is 0 Å². The maximum absolute atomic E-state index is 11.7. The van der Waals surface area contributed by atoms with Gasteiger partial charge in [0, 0.05) is 13.2 Å². The molecule has 1 aromatic rings. The summed E-state index contributed by atoms with van der Waals surface area (Å²) in [6, 6.07) is 3.40. The summed E-state index contributed by atoms with van der Waals surface area (Å²) in [4.78, 5) is 15.8. The number of carbonyl (C=O) groups is 1. The molecule has 0 aromatic carbocycles. The van der Waals surface area contributed by atoms with Gasteiger partial charge in [0.2, 0.25) is 0 Å². The summed E-state index contributed by atoms with van der Waals surface area (Å²) in [5.41, 5.74) is -0.0345. The van der Waals surface area contributed by atoms with Crippen molar-refractivity contribution >= 4 is 11.8 Å². The van der Waals surface area contributed by atoms with Crippen molar-refractivity contribution in [2.24, 2.45) is 0 Å². The molecule has 0 atom stereocenters. The minimum Gasteiger partial charge on any atom is -0.456 e. The van der Waals surface area contributed by atoms with Crippen LogP contribution in [-0.2, 0) is 4.74 Å². The van der Waals surface area contributed by atoms with Crippen molar-refractivity contribution in [2.75, 3.05) is 12.4 Å². The van der Waals surface area contributed by atoms with Gasteiger partial charge in [-0.25, -0.2) is 9.78 Å². The van der Waals surface area contributed by atoms with Crippen molar-refractivity contribution in [1.29, 1.82) is 0 Å². The molecule has 0 aliphatic heterocycles. The monoisotopic (exact) mass is 208 g/mol. The molecule has 15 heavy (non-hydrogen) atoms. The number of aromatic nitrogens is 1. The minimum atomic E-state index is -0.488. The van der Waals surface area contributed by atoms with E-state index in [0.29, 0.717) is 11.4 Å². The number of anilines is 1. The molecule has 4 nitrogen and oxygen atoms in total. The Bertz CT molecular complexity index is 356. The first-order chi connectivity index (χ1) is 6.94. The summed E-state index contributed by atoms with van der Waals surface area (Å²) in [6.07, 6.45) is 1.62. The molecule has 1 heterocycles. The number of nitrogens with zero attached hydrogens (tertiary/aromatic N) is 1. The number of nitrogens with one attached hydrogen (secondary N) is 1. The maximum Gasteiger partial charge on any atom is 0.342 e. The molecule has 0 unspecified atom stereocenters. The number of esters is 1. The second-order valence-corrected chi connectivity index (χ2v) is 4.15. The lowest BCUT2D eigenvalue weighted by molar-refractivity contribution is 0.00703. The maximum atomic E-state index is 11.7. The van der Waals surface area contributed by atoms with E-state index in [4.69, 9.17) is 4.74 Å². The van der Waals surface area contributed by atoms with Gasteiger partial charge in [-0.15, -0.1) is 0 Å². The lowest BCUT2D eigenvalue weighted by Crippen LogP contribution is -2.24. The van der Waals surface area contributed by atoms with Gasteiger partial charge in [-0.3, -0.25) is 0 Å². The summed E-state index contributed by atoms with van der Waals surface area (Å²) < 4.78 is 5.25. The molecule has 1 aromatic heterocycles. The molecule has 0 radical (unpaired) electrons. The lowest BCUT2D eigenvalue weighted by atomic mass is 10.2. The molecule has 1 rings (SSSR count). The Kier molecular flexibility index (Phi) is 3.29. The largest absolute Gasteiger partial charge is 0.456 e. The van der Waals surface area contributed by atoms with Crippen molar-refractivity contribution < 1.29 is 9.53 Å². The fraction of sp³-hybridized carbons (Fsp3) is 0.455. The van der Waals surface area contributed by atoms with Gasteiger partial charge in [0.15, 0.2) is 0 Å². The van der Waals surface area contributed by atoms with Crippen molar-refractivity contribution in [3.63, 3.8) is 0 Å². The fourth-order valence-electron chi connectivity index (χ4n) is 1.10. The topological polar surface area (TPSA) is 51.2 Å².